The SMILES string of the molecule is Cc1c(N)cccc1N(C)CC1(O)CCCC1. The predicted octanol–water partition coefficient (Wildman–Crippen LogP) is 2.32. The zero-order valence-electron chi connectivity index (χ0n) is 10.7. The average molecular weight is 234 g/mol. The van der Waals surface area contributed by atoms with Crippen LogP contribution in [0.15, 0.2) is 18.2 Å². The Balaban J connectivity index is 2.14. The second-order valence-electron chi connectivity index (χ2n) is 5.28. The molecule has 0 bridgehead atoms. The molecule has 1 aromatic carbocycles. The van der Waals surface area contributed by atoms with Crippen molar-refractivity contribution < 1.29 is 5.11 Å². The molecule has 0 amide bonds. The van der Waals surface area contributed by atoms with Gasteiger partial charge in [-0.2, -0.15) is 0 Å². The summed E-state index contributed by atoms with van der Waals surface area (Å²) in [6.07, 6.45) is 4.11. The first-order chi connectivity index (χ1) is 8.02. The Morgan fingerprint density at radius 2 is 2.00 bits per heavy atom. The number of hydrogen-bond donors (Lipinski definition) is 2. The Labute approximate surface area is 103 Å². The number of anilines is 2. The highest BCUT2D eigenvalue weighted by Gasteiger charge is 2.32. The fourth-order valence-electron chi connectivity index (χ4n) is 2.77. The minimum absolute atomic E-state index is 0.508. The highest BCUT2D eigenvalue weighted by atomic mass is 16.3. The van der Waals surface area contributed by atoms with E-state index in [1.54, 1.807) is 0 Å². The van der Waals surface area contributed by atoms with Crippen molar-refractivity contribution >= 4 is 11.4 Å². The summed E-state index contributed by atoms with van der Waals surface area (Å²) >= 11 is 0. The summed E-state index contributed by atoms with van der Waals surface area (Å²) in [6, 6.07) is 5.94. The zero-order chi connectivity index (χ0) is 12.5. The number of aliphatic hydroxyl groups is 1. The predicted molar refractivity (Wildman–Crippen MR) is 72.3 cm³/mol. The van der Waals surface area contributed by atoms with Crippen LogP contribution in [0, 0.1) is 6.92 Å². The molecule has 0 unspecified atom stereocenters. The molecule has 1 aliphatic carbocycles. The standard InChI is InChI=1S/C14H22N2O/c1-11-12(15)6-5-7-13(11)16(2)10-14(17)8-3-4-9-14/h5-7,17H,3-4,8-10,15H2,1-2H3. The van der Waals surface area contributed by atoms with E-state index in [4.69, 9.17) is 5.73 Å². The van der Waals surface area contributed by atoms with Gasteiger partial charge in [-0.15, -0.1) is 0 Å². The Bertz CT molecular complexity index is 397. The van der Waals surface area contributed by atoms with Crippen molar-refractivity contribution in [2.45, 2.75) is 38.2 Å². The van der Waals surface area contributed by atoms with Crippen LogP contribution in [0.25, 0.3) is 0 Å². The van der Waals surface area contributed by atoms with Crippen molar-refractivity contribution in [2.24, 2.45) is 0 Å². The number of likely N-dealkylation sites (N-methyl/N-ethyl adjacent to an activating group) is 1. The van der Waals surface area contributed by atoms with Crippen LogP contribution in [0.4, 0.5) is 11.4 Å². The molecule has 0 aliphatic heterocycles. The smallest absolute Gasteiger partial charge is 0.0821 e. The van der Waals surface area contributed by atoms with Gasteiger partial charge in [-0.05, 0) is 37.5 Å². The molecule has 0 heterocycles. The minimum Gasteiger partial charge on any atom is -0.398 e. The molecular weight excluding hydrogens is 212 g/mol. The molecule has 0 aromatic heterocycles. The maximum Gasteiger partial charge on any atom is 0.0821 e. The van der Waals surface area contributed by atoms with Crippen LogP contribution in [0.5, 0.6) is 0 Å². The van der Waals surface area contributed by atoms with Gasteiger partial charge in [-0.25, -0.2) is 0 Å². The lowest BCUT2D eigenvalue weighted by Gasteiger charge is -2.31. The van der Waals surface area contributed by atoms with E-state index < -0.39 is 5.60 Å². The molecule has 0 saturated heterocycles. The van der Waals surface area contributed by atoms with Crippen molar-refractivity contribution in [3.8, 4) is 0 Å². The number of hydrogen-bond acceptors (Lipinski definition) is 3. The number of nitrogens with zero attached hydrogens (tertiary/aromatic N) is 1. The van der Waals surface area contributed by atoms with Gasteiger partial charge in [0.05, 0.1) is 5.60 Å². The number of nitrogen functional groups attached to an aromatic ring is 1. The van der Waals surface area contributed by atoms with Gasteiger partial charge in [-0.3, -0.25) is 0 Å². The van der Waals surface area contributed by atoms with Gasteiger partial charge < -0.3 is 15.7 Å². The van der Waals surface area contributed by atoms with Crippen molar-refractivity contribution in [3.63, 3.8) is 0 Å². The van der Waals surface area contributed by atoms with Gasteiger partial charge in [0.2, 0.25) is 0 Å². The van der Waals surface area contributed by atoms with Crippen molar-refractivity contribution in [1.82, 2.24) is 0 Å². The molecule has 1 aromatic rings. The first-order valence-electron chi connectivity index (χ1n) is 6.30. The van der Waals surface area contributed by atoms with E-state index >= 15 is 0 Å². The average Bonchev–Trinajstić information content (AvgIpc) is 2.68. The molecule has 0 atom stereocenters. The summed E-state index contributed by atoms with van der Waals surface area (Å²) in [5.41, 5.74) is 8.43. The van der Waals surface area contributed by atoms with E-state index in [9.17, 15) is 5.11 Å². The van der Waals surface area contributed by atoms with Gasteiger partial charge >= 0.3 is 0 Å². The Morgan fingerprint density at radius 3 is 2.65 bits per heavy atom. The maximum absolute atomic E-state index is 10.4. The highest BCUT2D eigenvalue weighted by Crippen LogP contribution is 2.32. The molecule has 17 heavy (non-hydrogen) atoms. The van der Waals surface area contributed by atoms with Crippen LogP contribution in [-0.4, -0.2) is 24.3 Å². The van der Waals surface area contributed by atoms with Gasteiger partial charge in [-0.1, -0.05) is 18.9 Å². The van der Waals surface area contributed by atoms with E-state index in [0.717, 1.165) is 42.6 Å². The second-order valence-corrected chi connectivity index (χ2v) is 5.28. The summed E-state index contributed by atoms with van der Waals surface area (Å²) in [4.78, 5) is 2.12. The van der Waals surface area contributed by atoms with E-state index in [1.165, 1.54) is 0 Å². The summed E-state index contributed by atoms with van der Waals surface area (Å²) in [6.45, 7) is 2.72. The number of nitrogens with two attached hydrogens (primary N) is 1. The van der Waals surface area contributed by atoms with Crippen LogP contribution < -0.4 is 10.6 Å². The Hall–Kier alpha value is -1.22. The lowest BCUT2D eigenvalue weighted by Crippen LogP contribution is -2.39. The molecule has 0 radical (unpaired) electrons. The lowest BCUT2D eigenvalue weighted by atomic mass is 10.0. The van der Waals surface area contributed by atoms with Crippen LogP contribution >= 0.6 is 0 Å². The van der Waals surface area contributed by atoms with Crippen LogP contribution in [0.3, 0.4) is 0 Å². The van der Waals surface area contributed by atoms with E-state index in [0.29, 0.717) is 6.54 Å². The fraction of sp³-hybridized carbons (Fsp3) is 0.571. The van der Waals surface area contributed by atoms with Crippen LogP contribution in [0.2, 0.25) is 0 Å². The third kappa shape index (κ3) is 2.55. The Kier molecular flexibility index (Phi) is 3.29. The molecule has 3 N–H and O–H groups in total. The molecule has 1 aliphatic rings. The van der Waals surface area contributed by atoms with Gasteiger partial charge in [0.25, 0.3) is 0 Å². The van der Waals surface area contributed by atoms with Crippen molar-refractivity contribution in [3.05, 3.63) is 23.8 Å². The first-order valence-corrected chi connectivity index (χ1v) is 6.30. The monoisotopic (exact) mass is 234 g/mol. The molecular formula is C14H22N2O. The van der Waals surface area contributed by atoms with Crippen molar-refractivity contribution in [2.75, 3.05) is 24.2 Å². The van der Waals surface area contributed by atoms with E-state index in [-0.39, 0.29) is 0 Å². The Morgan fingerprint density at radius 1 is 1.35 bits per heavy atom. The quantitative estimate of drug-likeness (QED) is 0.789. The van der Waals surface area contributed by atoms with Gasteiger partial charge in [0.15, 0.2) is 0 Å². The molecule has 1 saturated carbocycles. The minimum atomic E-state index is -0.508. The summed E-state index contributed by atoms with van der Waals surface area (Å²) in [5.74, 6) is 0. The summed E-state index contributed by atoms with van der Waals surface area (Å²) in [5, 5.41) is 10.4. The molecule has 1 fully saturated rings. The maximum atomic E-state index is 10.4. The molecule has 2 rings (SSSR count). The lowest BCUT2D eigenvalue weighted by molar-refractivity contribution is 0.0559. The first kappa shape index (κ1) is 12.2. The zero-order valence-corrected chi connectivity index (χ0v) is 10.7. The topological polar surface area (TPSA) is 49.5 Å². The van der Waals surface area contributed by atoms with Crippen LogP contribution in [0.1, 0.15) is 31.2 Å². The third-order valence-corrected chi connectivity index (χ3v) is 3.82. The molecule has 94 valence electrons. The summed E-state index contributed by atoms with van der Waals surface area (Å²) in [7, 11) is 2.03. The molecule has 3 heteroatoms. The second kappa shape index (κ2) is 4.57. The fourth-order valence-corrected chi connectivity index (χ4v) is 2.77. The van der Waals surface area contributed by atoms with Crippen molar-refractivity contribution in [1.29, 1.82) is 0 Å². The van der Waals surface area contributed by atoms with Gasteiger partial charge in [0.1, 0.15) is 0 Å². The highest BCUT2D eigenvalue weighted by molar-refractivity contribution is 5.63. The number of benzene rings is 1. The molecule has 3 nitrogen and oxygen atoms in total. The van der Waals surface area contributed by atoms with E-state index in [1.807, 2.05) is 26.1 Å². The van der Waals surface area contributed by atoms with Crippen LogP contribution in [-0.2, 0) is 0 Å². The third-order valence-electron chi connectivity index (χ3n) is 3.82. The van der Waals surface area contributed by atoms with E-state index in [2.05, 4.69) is 11.0 Å². The normalized spacial score (nSPS) is 18.3. The largest absolute Gasteiger partial charge is 0.398 e. The number of rotatable bonds is 3. The van der Waals surface area contributed by atoms with Gasteiger partial charge in [0, 0.05) is 25.0 Å². The summed E-state index contributed by atoms with van der Waals surface area (Å²) < 4.78 is 0. The molecule has 0 spiro atoms.